The molecule has 0 atom stereocenters. The number of fused-ring (bicyclic) bond motifs is 1. The van der Waals surface area contributed by atoms with Crippen molar-refractivity contribution in [2.24, 2.45) is 0 Å². The van der Waals surface area contributed by atoms with Crippen molar-refractivity contribution in [1.82, 2.24) is 4.31 Å². The Balaban J connectivity index is 1.90. The molecule has 2 amide bonds. The third kappa shape index (κ3) is 2.02. The molecule has 0 unspecified atom stereocenters. The standard InChI is InChI=1S/C14H8FNO2S/c15-9-5-7-10(8-6-9)19-16-13(17)11-3-1-2-4-12(11)14(16)18/h1-8H. The first kappa shape index (κ1) is 11.9. The summed E-state index contributed by atoms with van der Waals surface area (Å²) in [5.41, 5.74) is 0.809. The van der Waals surface area contributed by atoms with E-state index in [0.29, 0.717) is 16.0 Å². The molecule has 0 fully saturated rings. The van der Waals surface area contributed by atoms with Gasteiger partial charge in [-0.25, -0.2) is 8.70 Å². The fourth-order valence-electron chi connectivity index (χ4n) is 1.85. The number of hydrogen-bond acceptors (Lipinski definition) is 3. The van der Waals surface area contributed by atoms with E-state index in [2.05, 4.69) is 0 Å². The highest BCUT2D eigenvalue weighted by Gasteiger charge is 2.36. The number of nitrogens with zero attached hydrogens (tertiary/aromatic N) is 1. The van der Waals surface area contributed by atoms with Gasteiger partial charge in [-0.3, -0.25) is 9.59 Å². The summed E-state index contributed by atoms with van der Waals surface area (Å²) in [6.45, 7) is 0. The molecule has 3 nitrogen and oxygen atoms in total. The van der Waals surface area contributed by atoms with Gasteiger partial charge in [0.15, 0.2) is 0 Å². The van der Waals surface area contributed by atoms with Crippen molar-refractivity contribution in [1.29, 1.82) is 0 Å². The first-order valence-corrected chi connectivity index (χ1v) is 6.35. The normalized spacial score (nSPS) is 13.8. The van der Waals surface area contributed by atoms with Gasteiger partial charge in [0.25, 0.3) is 11.8 Å². The summed E-state index contributed by atoms with van der Waals surface area (Å²) >= 11 is 1.00. The van der Waals surface area contributed by atoms with E-state index < -0.39 is 0 Å². The van der Waals surface area contributed by atoms with E-state index in [1.165, 1.54) is 24.3 Å². The van der Waals surface area contributed by atoms with Gasteiger partial charge in [0.05, 0.1) is 11.1 Å². The highest BCUT2D eigenvalue weighted by atomic mass is 32.2. The second-order valence-corrected chi connectivity index (χ2v) is 5.01. The maximum atomic E-state index is 12.8. The predicted octanol–water partition coefficient (Wildman–Crippen LogP) is 3.13. The molecule has 19 heavy (non-hydrogen) atoms. The minimum Gasteiger partial charge on any atom is -0.268 e. The number of rotatable bonds is 2. The molecule has 0 spiro atoms. The van der Waals surface area contributed by atoms with Crippen LogP contribution >= 0.6 is 11.9 Å². The number of halogens is 1. The van der Waals surface area contributed by atoms with E-state index in [9.17, 15) is 14.0 Å². The van der Waals surface area contributed by atoms with Crippen LogP contribution in [0.25, 0.3) is 0 Å². The minimum absolute atomic E-state index is 0.338. The number of hydrogen-bond donors (Lipinski definition) is 0. The summed E-state index contributed by atoms with van der Waals surface area (Å²) in [5, 5.41) is 0. The first-order chi connectivity index (χ1) is 9.16. The molecule has 2 aromatic rings. The Hall–Kier alpha value is -2.14. The Kier molecular flexibility index (Phi) is 2.83. The van der Waals surface area contributed by atoms with E-state index in [4.69, 9.17) is 0 Å². The van der Waals surface area contributed by atoms with Gasteiger partial charge in [-0.05, 0) is 48.3 Å². The zero-order chi connectivity index (χ0) is 13.4. The van der Waals surface area contributed by atoms with Crippen LogP contribution in [0.1, 0.15) is 20.7 Å². The van der Waals surface area contributed by atoms with Crippen LogP contribution < -0.4 is 0 Å². The summed E-state index contributed by atoms with van der Waals surface area (Å²) in [6.07, 6.45) is 0. The Morgan fingerprint density at radius 2 is 1.37 bits per heavy atom. The lowest BCUT2D eigenvalue weighted by Gasteiger charge is -2.11. The third-order valence-electron chi connectivity index (χ3n) is 2.77. The van der Waals surface area contributed by atoms with Crippen LogP contribution in [0, 0.1) is 5.82 Å². The summed E-state index contributed by atoms with van der Waals surface area (Å²) < 4.78 is 13.9. The van der Waals surface area contributed by atoms with E-state index in [0.717, 1.165) is 16.3 Å². The van der Waals surface area contributed by atoms with Crippen molar-refractivity contribution in [3.05, 3.63) is 65.5 Å². The quantitative estimate of drug-likeness (QED) is 0.623. The van der Waals surface area contributed by atoms with Gasteiger partial charge in [0, 0.05) is 4.90 Å². The predicted molar refractivity (Wildman–Crippen MR) is 69.2 cm³/mol. The van der Waals surface area contributed by atoms with E-state index in [-0.39, 0.29) is 17.6 Å². The van der Waals surface area contributed by atoms with Crippen molar-refractivity contribution < 1.29 is 14.0 Å². The lowest BCUT2D eigenvalue weighted by atomic mass is 10.1. The van der Waals surface area contributed by atoms with Crippen molar-refractivity contribution >= 4 is 23.8 Å². The average Bonchev–Trinajstić information content (AvgIpc) is 2.67. The smallest absolute Gasteiger partial charge is 0.268 e. The SMILES string of the molecule is O=C1c2ccccc2C(=O)N1Sc1ccc(F)cc1. The fraction of sp³-hybridized carbons (Fsp3) is 0. The minimum atomic E-state index is -0.355. The molecule has 0 N–H and O–H groups in total. The van der Waals surface area contributed by atoms with E-state index in [1.54, 1.807) is 24.3 Å². The maximum Gasteiger partial charge on any atom is 0.272 e. The molecular weight excluding hydrogens is 265 g/mol. The fourth-order valence-corrected chi connectivity index (χ4v) is 2.68. The van der Waals surface area contributed by atoms with Crippen LogP contribution in [0.15, 0.2) is 53.4 Å². The lowest BCUT2D eigenvalue weighted by molar-refractivity contribution is 0.0777. The molecule has 0 aliphatic carbocycles. The molecule has 2 aromatic carbocycles. The average molecular weight is 273 g/mol. The second kappa shape index (κ2) is 4.51. The molecule has 0 bridgehead atoms. The molecule has 94 valence electrons. The highest BCUT2D eigenvalue weighted by Crippen LogP contribution is 2.32. The van der Waals surface area contributed by atoms with Gasteiger partial charge in [-0.1, -0.05) is 12.1 Å². The van der Waals surface area contributed by atoms with E-state index in [1.807, 2.05) is 0 Å². The topological polar surface area (TPSA) is 37.4 Å². The summed E-state index contributed by atoms with van der Waals surface area (Å²) in [7, 11) is 0. The van der Waals surface area contributed by atoms with Crippen LogP contribution in [-0.4, -0.2) is 16.1 Å². The zero-order valence-electron chi connectivity index (χ0n) is 9.67. The zero-order valence-corrected chi connectivity index (χ0v) is 10.5. The number of carbonyl (C=O) groups is 2. The number of imide groups is 1. The number of amides is 2. The molecule has 1 heterocycles. The van der Waals surface area contributed by atoms with Gasteiger partial charge < -0.3 is 0 Å². The molecule has 5 heteroatoms. The highest BCUT2D eigenvalue weighted by molar-refractivity contribution is 7.98. The Labute approximate surface area is 113 Å². The van der Waals surface area contributed by atoms with Crippen molar-refractivity contribution in [2.75, 3.05) is 0 Å². The number of carbonyl (C=O) groups excluding carboxylic acids is 2. The molecule has 0 aromatic heterocycles. The van der Waals surface area contributed by atoms with Crippen LogP contribution in [0.2, 0.25) is 0 Å². The second-order valence-electron chi connectivity index (χ2n) is 4.00. The summed E-state index contributed by atoms with van der Waals surface area (Å²) in [6, 6.07) is 12.3. The lowest BCUT2D eigenvalue weighted by Crippen LogP contribution is -2.21. The van der Waals surface area contributed by atoms with Crippen LogP contribution in [0.4, 0.5) is 4.39 Å². The largest absolute Gasteiger partial charge is 0.272 e. The molecule has 1 aliphatic rings. The van der Waals surface area contributed by atoms with Gasteiger partial charge in [0.1, 0.15) is 5.82 Å². The molecule has 3 rings (SSSR count). The van der Waals surface area contributed by atoms with Gasteiger partial charge >= 0.3 is 0 Å². The summed E-state index contributed by atoms with van der Waals surface area (Å²) in [5.74, 6) is -1.03. The van der Waals surface area contributed by atoms with Crippen LogP contribution in [0.5, 0.6) is 0 Å². The molecule has 1 aliphatic heterocycles. The van der Waals surface area contributed by atoms with Crippen molar-refractivity contribution in [3.8, 4) is 0 Å². The van der Waals surface area contributed by atoms with Crippen molar-refractivity contribution in [2.45, 2.75) is 4.90 Å². The first-order valence-electron chi connectivity index (χ1n) is 5.58. The molecular formula is C14H8FNO2S. The molecule has 0 radical (unpaired) electrons. The number of benzene rings is 2. The van der Waals surface area contributed by atoms with Gasteiger partial charge in [-0.2, -0.15) is 0 Å². The van der Waals surface area contributed by atoms with E-state index >= 15 is 0 Å². The van der Waals surface area contributed by atoms with Crippen molar-refractivity contribution in [3.63, 3.8) is 0 Å². The maximum absolute atomic E-state index is 12.8. The van der Waals surface area contributed by atoms with Gasteiger partial charge in [-0.15, -0.1) is 0 Å². The van der Waals surface area contributed by atoms with Crippen LogP contribution in [0.3, 0.4) is 0 Å². The third-order valence-corrected chi connectivity index (χ3v) is 3.76. The summed E-state index contributed by atoms with van der Waals surface area (Å²) in [4.78, 5) is 24.8. The molecule has 0 saturated heterocycles. The van der Waals surface area contributed by atoms with Crippen LogP contribution in [-0.2, 0) is 0 Å². The molecule has 0 saturated carbocycles. The Bertz CT molecular complexity index is 634. The monoisotopic (exact) mass is 273 g/mol. The van der Waals surface area contributed by atoms with Gasteiger partial charge in [0.2, 0.25) is 0 Å². The Morgan fingerprint density at radius 1 is 0.842 bits per heavy atom. The Morgan fingerprint density at radius 3 is 1.89 bits per heavy atom.